The number of carbonyl (C=O) groups excluding carboxylic acids is 3. The van der Waals surface area contributed by atoms with E-state index in [4.69, 9.17) is 23.7 Å². The van der Waals surface area contributed by atoms with Crippen LogP contribution >= 0.6 is 0 Å². The summed E-state index contributed by atoms with van der Waals surface area (Å²) in [7, 11) is 1.43. The fourth-order valence-electron chi connectivity index (χ4n) is 9.98. The second-order valence-electron chi connectivity index (χ2n) is 19.1. The van der Waals surface area contributed by atoms with Gasteiger partial charge in [0.05, 0.1) is 42.1 Å². The Hall–Kier alpha value is -6.42. The summed E-state index contributed by atoms with van der Waals surface area (Å²) in [6, 6.07) is 0.140. The van der Waals surface area contributed by atoms with Crippen molar-refractivity contribution in [3.8, 4) is 29.0 Å². The molecule has 0 spiro atoms. The minimum Gasteiger partial charge on any atom is -0.507 e. The Morgan fingerprint density at radius 2 is 1.64 bits per heavy atom. The molecule has 5 aliphatic rings. The average Bonchev–Trinajstić information content (AvgIpc) is 3.92. The summed E-state index contributed by atoms with van der Waals surface area (Å²) >= 11 is 0. The molecule has 0 saturated carbocycles. The van der Waals surface area contributed by atoms with Crippen molar-refractivity contribution >= 4 is 45.6 Å². The maximum absolute atomic E-state index is 14.7. The number of methoxy groups -OCH3 is 1. The minimum atomic E-state index is -2.09. The van der Waals surface area contributed by atoms with Crippen LogP contribution in [0, 0.1) is 40.7 Å². The van der Waals surface area contributed by atoms with Crippen LogP contribution in [0.25, 0.3) is 10.8 Å². The summed E-state index contributed by atoms with van der Waals surface area (Å²) in [6.07, 6.45) is 4.75. The van der Waals surface area contributed by atoms with Crippen molar-refractivity contribution in [1.29, 1.82) is 0 Å². The molecule has 5 bridgehead atoms. The Morgan fingerprint density at radius 3 is 2.26 bits per heavy atom. The molecule has 5 aliphatic heterocycles. The highest BCUT2D eigenvalue weighted by molar-refractivity contribution is 6.23. The van der Waals surface area contributed by atoms with Crippen molar-refractivity contribution in [2.45, 2.75) is 105 Å². The first-order chi connectivity index (χ1) is 32.4. The summed E-state index contributed by atoms with van der Waals surface area (Å²) in [6.45, 7) is 16.3. The van der Waals surface area contributed by atoms with Crippen molar-refractivity contribution in [3.05, 3.63) is 63.6 Å². The number of nitro groups is 1. The van der Waals surface area contributed by atoms with Crippen LogP contribution in [0.1, 0.15) is 71.3 Å². The molecule has 374 valence electrons. The number of aromatic hydroxyl groups is 3. The molecule has 21 nitrogen and oxygen atoms in total. The van der Waals surface area contributed by atoms with Gasteiger partial charge >= 0.3 is 23.6 Å². The largest absolute Gasteiger partial charge is 0.507 e. The number of hydrogen-bond donors (Lipinski definition) is 6. The first kappa shape index (κ1) is 50.5. The van der Waals surface area contributed by atoms with Crippen molar-refractivity contribution in [2.24, 2.45) is 23.7 Å². The third-order valence-corrected chi connectivity index (χ3v) is 14.0. The van der Waals surface area contributed by atoms with Gasteiger partial charge in [-0.25, -0.2) is 0 Å². The molecular formula is C48H62N6O15. The number of esters is 1. The van der Waals surface area contributed by atoms with E-state index in [1.807, 2.05) is 6.92 Å². The first-order valence-corrected chi connectivity index (χ1v) is 22.9. The van der Waals surface area contributed by atoms with Crippen LogP contribution in [0.3, 0.4) is 0 Å². The smallest absolute Gasteiger partial charge is 0.415 e. The number of ether oxygens (including phenoxy) is 5. The molecule has 0 radical (unpaired) electrons. The van der Waals surface area contributed by atoms with Gasteiger partial charge in [0.15, 0.2) is 5.75 Å². The highest BCUT2D eigenvalue weighted by Gasteiger charge is 2.50. The Labute approximate surface area is 398 Å². The normalized spacial score (nSPS) is 31.8. The predicted molar refractivity (Wildman–Crippen MR) is 250 cm³/mol. The summed E-state index contributed by atoms with van der Waals surface area (Å²) < 4.78 is 31.5. The number of piperazine rings is 1. The fraction of sp³-hybridized carbons (Fsp3) is 0.542. The lowest BCUT2D eigenvalue weighted by Crippen LogP contribution is -2.53. The molecular weight excluding hydrogens is 901 g/mol. The highest BCUT2D eigenvalue weighted by Crippen LogP contribution is 2.58. The lowest BCUT2D eigenvalue weighted by Gasteiger charge is -2.40. The van der Waals surface area contributed by atoms with Crippen molar-refractivity contribution in [2.75, 3.05) is 50.1 Å². The van der Waals surface area contributed by atoms with E-state index in [0.717, 1.165) is 0 Å². The SMILES string of the molecule is CO[C@H]1/C=C/O[C@@]2(C)Oc3c(C)c(O)c4c(O)c(c(N5CCN(CC6(C)Cn7cc([N+](=O)[O-])nc7O6)CC5)c(O)c4c3C2=O)NC(=O)/C(C)=C\C=C\[C@H](C)[C@H](O)[C@@H](C)[C@@H](O)[C@@H](C)[C@H](OC(C)=O)[C@@H]1C. The van der Waals surface area contributed by atoms with Gasteiger partial charge in [0.25, 0.3) is 11.7 Å². The zero-order valence-electron chi connectivity index (χ0n) is 40.4. The Kier molecular flexibility index (Phi) is 14.0. The van der Waals surface area contributed by atoms with E-state index in [-0.39, 0.29) is 69.5 Å². The quantitative estimate of drug-likeness (QED) is 0.0634. The number of Topliss-reactive ketones (excluding diaryl/α,β-unsaturated/α-hetero) is 1. The molecule has 6 heterocycles. The number of rotatable bonds is 6. The lowest BCUT2D eigenvalue weighted by atomic mass is 9.78. The van der Waals surface area contributed by atoms with Gasteiger partial charge in [-0.1, -0.05) is 45.9 Å². The van der Waals surface area contributed by atoms with Gasteiger partial charge in [0.2, 0.25) is 0 Å². The number of carbonyl (C=O) groups is 3. The second-order valence-corrected chi connectivity index (χ2v) is 19.1. The number of benzene rings is 2. The average molecular weight is 963 g/mol. The topological polar surface area (TPSA) is 278 Å². The maximum atomic E-state index is 14.7. The number of phenolic OH excluding ortho intramolecular Hbond substituents is 3. The number of anilines is 2. The standard InChI is InChI=1S/C48H62N6O15/c1-23-12-11-13-24(2)45(62)50-35-36(52-17-15-51(16-18-52)21-47(8)22-53-20-31(54(63)64)49-46(53)69-47)41(60)32-33(40(35)59)39(58)28(6)43-34(32)44(61)48(9,68-43)66-19-14-30(65-10)25(3)42(67-29(7)55)27(5)38(57)26(4)37(23)56/h11-14,19-20,23,25-27,30,37-38,42,56-60H,15-18,21-22H2,1-10H3,(H,50,62)/b12-11+,19-14+,24-13-/t23-,25+,26+,27+,30-,37-,38+,42+,47?,48-/m0/s1. The fourth-order valence-corrected chi connectivity index (χ4v) is 9.98. The van der Waals surface area contributed by atoms with Crippen LogP contribution < -0.4 is 19.7 Å². The first-order valence-electron chi connectivity index (χ1n) is 22.9. The van der Waals surface area contributed by atoms with Crippen LogP contribution in [0.15, 0.2) is 42.3 Å². The number of aromatic nitrogens is 2. The molecule has 1 unspecified atom stereocenters. The monoisotopic (exact) mass is 962 g/mol. The van der Waals surface area contributed by atoms with Gasteiger partial charge in [-0.05, 0) is 31.8 Å². The summed E-state index contributed by atoms with van der Waals surface area (Å²) in [5, 5.41) is 73.0. The number of nitrogens with zero attached hydrogens (tertiary/aromatic N) is 5. The number of amides is 1. The second kappa shape index (κ2) is 19.2. The van der Waals surface area contributed by atoms with Crippen LogP contribution in [-0.2, 0) is 30.3 Å². The number of phenols is 3. The Balaban J connectivity index is 1.30. The lowest BCUT2D eigenvalue weighted by molar-refractivity contribution is -0.389. The predicted octanol–water partition coefficient (Wildman–Crippen LogP) is 4.83. The molecule has 1 aromatic heterocycles. The Morgan fingerprint density at radius 1 is 0.957 bits per heavy atom. The van der Waals surface area contributed by atoms with Crippen LogP contribution in [0.4, 0.5) is 17.2 Å². The van der Waals surface area contributed by atoms with E-state index in [1.54, 1.807) is 49.3 Å². The summed E-state index contributed by atoms with van der Waals surface area (Å²) in [5.74, 6) is -8.88. The molecule has 1 amide bonds. The number of hydrogen-bond acceptors (Lipinski definition) is 18. The molecule has 69 heavy (non-hydrogen) atoms. The number of aliphatic hydroxyl groups excluding tert-OH is 2. The van der Waals surface area contributed by atoms with Crippen LogP contribution in [0.5, 0.6) is 29.0 Å². The number of fused-ring (bicyclic) bond motifs is 15. The van der Waals surface area contributed by atoms with E-state index in [1.165, 1.54) is 59.4 Å². The number of allylic oxidation sites excluding steroid dienone is 2. The molecule has 2 aromatic carbocycles. The molecule has 0 aliphatic carbocycles. The zero-order chi connectivity index (χ0) is 50.6. The molecule has 1 saturated heterocycles. The van der Waals surface area contributed by atoms with E-state index in [9.17, 15) is 50.0 Å². The Bertz CT molecular complexity index is 2610. The molecule has 3 aromatic rings. The number of imidazole rings is 1. The van der Waals surface area contributed by atoms with E-state index in [0.29, 0.717) is 26.2 Å². The van der Waals surface area contributed by atoms with E-state index in [2.05, 4.69) is 15.2 Å². The van der Waals surface area contributed by atoms with Crippen molar-refractivity contribution in [1.82, 2.24) is 14.5 Å². The summed E-state index contributed by atoms with van der Waals surface area (Å²) in [4.78, 5) is 59.7. The number of nitrogens with one attached hydrogen (secondary N) is 1. The molecule has 8 rings (SSSR count). The van der Waals surface area contributed by atoms with E-state index < -0.39 is 99.3 Å². The van der Waals surface area contributed by atoms with Crippen molar-refractivity contribution in [3.63, 3.8) is 0 Å². The molecule has 1 fully saturated rings. The third kappa shape index (κ3) is 9.39. The van der Waals surface area contributed by atoms with Gasteiger partial charge in [-0.2, -0.15) is 0 Å². The van der Waals surface area contributed by atoms with Crippen molar-refractivity contribution < 1.29 is 68.5 Å². The van der Waals surface area contributed by atoms with Gasteiger partial charge in [-0.3, -0.25) is 23.9 Å². The molecule has 21 heteroatoms. The zero-order valence-corrected chi connectivity index (χ0v) is 40.4. The van der Waals surface area contributed by atoms with E-state index >= 15 is 0 Å². The van der Waals surface area contributed by atoms with Gasteiger partial charge < -0.3 is 69.5 Å². The van der Waals surface area contributed by atoms with Gasteiger partial charge in [-0.15, -0.1) is 0 Å². The third-order valence-electron chi connectivity index (χ3n) is 14.0. The minimum absolute atomic E-state index is 0.0343. The summed E-state index contributed by atoms with van der Waals surface area (Å²) in [5.41, 5.74) is -1.06. The highest BCUT2D eigenvalue weighted by atomic mass is 16.7. The number of ketones is 1. The molecule has 10 atom stereocenters. The van der Waals surface area contributed by atoms with Gasteiger partial charge in [0.1, 0.15) is 46.5 Å². The van der Waals surface area contributed by atoms with Crippen LogP contribution in [-0.4, -0.2) is 138 Å². The maximum Gasteiger partial charge on any atom is 0.415 e. The van der Waals surface area contributed by atoms with Gasteiger partial charge in [0, 0.05) is 98.9 Å². The molecule has 6 N–H and O–H groups in total. The number of aliphatic hydroxyl groups is 2. The van der Waals surface area contributed by atoms with Crippen LogP contribution in [0.2, 0.25) is 0 Å².